The topological polar surface area (TPSA) is 181 Å². The van der Waals surface area contributed by atoms with E-state index in [-0.39, 0.29) is 29.7 Å². The maximum Gasteiger partial charge on any atom is 0.329 e. The molecule has 0 radical (unpaired) electrons. The summed E-state index contributed by atoms with van der Waals surface area (Å²) in [5.74, 6) is 0.980. The van der Waals surface area contributed by atoms with Gasteiger partial charge in [-0.15, -0.1) is 0 Å². The van der Waals surface area contributed by atoms with Crippen molar-refractivity contribution in [1.29, 1.82) is 5.26 Å². The van der Waals surface area contributed by atoms with Gasteiger partial charge in [0.25, 0.3) is 0 Å². The summed E-state index contributed by atoms with van der Waals surface area (Å²) in [5, 5.41) is 22.5. The first kappa shape index (κ1) is 37.8. The Morgan fingerprint density at radius 2 is 1.90 bits per heavy atom. The number of anilines is 3. The lowest BCUT2D eigenvalue weighted by Crippen LogP contribution is -2.61. The second-order valence-electron chi connectivity index (χ2n) is 15.6. The van der Waals surface area contributed by atoms with Crippen LogP contribution in [-0.2, 0) is 24.9 Å². The summed E-state index contributed by atoms with van der Waals surface area (Å²) in [6.07, 6.45) is 9.12. The molecule has 17 heteroatoms. The molecule has 3 saturated heterocycles. The maximum absolute atomic E-state index is 13.9. The van der Waals surface area contributed by atoms with Crippen LogP contribution < -0.4 is 25.6 Å². The molecule has 3 N–H and O–H groups in total. The lowest BCUT2D eigenvalue weighted by Gasteiger charge is -2.48. The van der Waals surface area contributed by atoms with Crippen LogP contribution in [-0.4, -0.2) is 89.7 Å². The number of nitriles is 1. The number of aromatic nitrogens is 7. The molecule has 7 heterocycles. The first-order valence-electron chi connectivity index (χ1n) is 19.8. The van der Waals surface area contributed by atoms with Crippen LogP contribution in [0, 0.1) is 23.1 Å². The number of carbonyl (C=O) groups is 2. The molecular weight excluding hydrogens is 754 g/mol. The van der Waals surface area contributed by atoms with Gasteiger partial charge < -0.3 is 19.9 Å². The molecule has 4 aromatic heterocycles. The van der Waals surface area contributed by atoms with Crippen LogP contribution in [0.4, 0.5) is 26.5 Å². The molecule has 3 aliphatic heterocycles. The molecular formula is C42H44FN13O3. The largest absolute Gasteiger partial charge is 0.482 e. The van der Waals surface area contributed by atoms with Crippen LogP contribution in [0.5, 0.6) is 5.75 Å². The van der Waals surface area contributed by atoms with Crippen LogP contribution >= 0.6 is 0 Å². The number of imide groups is 1. The number of carbonyl (C=O) groups excluding carboxylic acids is 2. The minimum atomic E-state index is -0.489. The number of imidazole rings is 1. The van der Waals surface area contributed by atoms with Crippen molar-refractivity contribution in [3.8, 4) is 23.1 Å². The van der Waals surface area contributed by atoms with Gasteiger partial charge in [0, 0.05) is 80.3 Å². The number of nitrogens with two attached hydrogens (primary N) is 1. The number of fused-ring (bicyclic) bond motifs is 1. The van der Waals surface area contributed by atoms with Gasteiger partial charge in [0.05, 0.1) is 30.3 Å². The van der Waals surface area contributed by atoms with Crippen LogP contribution in [0.15, 0.2) is 73.4 Å². The average Bonchev–Trinajstić information content (AvgIpc) is 3.92. The number of urea groups is 1. The van der Waals surface area contributed by atoms with Crippen molar-refractivity contribution in [1.82, 2.24) is 44.3 Å². The lowest BCUT2D eigenvalue weighted by atomic mass is 9.94. The smallest absolute Gasteiger partial charge is 0.329 e. The number of likely N-dealkylation sites (tertiary alicyclic amines) is 1. The Morgan fingerprint density at radius 1 is 1.07 bits per heavy atom. The Balaban J connectivity index is 0.787. The predicted octanol–water partition coefficient (Wildman–Crippen LogP) is 4.86. The zero-order chi connectivity index (χ0) is 40.8. The molecule has 0 saturated carbocycles. The predicted molar refractivity (Wildman–Crippen MR) is 218 cm³/mol. The zero-order valence-corrected chi connectivity index (χ0v) is 32.8. The van der Waals surface area contributed by atoms with E-state index in [2.05, 4.69) is 54.6 Å². The van der Waals surface area contributed by atoms with Crippen molar-refractivity contribution in [3.05, 3.63) is 96.1 Å². The van der Waals surface area contributed by atoms with Crippen LogP contribution in [0.3, 0.4) is 0 Å². The van der Waals surface area contributed by atoms with E-state index in [0.717, 1.165) is 67.7 Å². The normalized spacial score (nSPS) is 17.3. The van der Waals surface area contributed by atoms with Crippen molar-refractivity contribution in [2.45, 2.75) is 51.4 Å². The van der Waals surface area contributed by atoms with E-state index in [1.165, 1.54) is 17.0 Å². The third kappa shape index (κ3) is 7.54. The van der Waals surface area contributed by atoms with E-state index in [0.29, 0.717) is 53.4 Å². The van der Waals surface area contributed by atoms with Gasteiger partial charge in [0.15, 0.2) is 23.1 Å². The fraction of sp³-hybridized carbons (Fsp3) is 0.357. The van der Waals surface area contributed by atoms with Gasteiger partial charge in [0.2, 0.25) is 5.91 Å². The van der Waals surface area contributed by atoms with Gasteiger partial charge in [-0.2, -0.15) is 15.5 Å². The minimum Gasteiger partial charge on any atom is -0.482 e. The van der Waals surface area contributed by atoms with Crippen LogP contribution in [0.1, 0.15) is 49.1 Å². The number of nitrogen functional groups attached to an aromatic ring is 1. The van der Waals surface area contributed by atoms with E-state index < -0.39 is 12.1 Å². The molecule has 16 nitrogen and oxygen atoms in total. The van der Waals surface area contributed by atoms with Gasteiger partial charge >= 0.3 is 6.03 Å². The van der Waals surface area contributed by atoms with Gasteiger partial charge in [-0.3, -0.25) is 29.3 Å². The molecule has 3 amide bonds. The van der Waals surface area contributed by atoms with Crippen molar-refractivity contribution in [2.24, 2.45) is 13.0 Å². The summed E-state index contributed by atoms with van der Waals surface area (Å²) < 4.78 is 25.7. The van der Waals surface area contributed by atoms with Gasteiger partial charge in [-0.25, -0.2) is 19.2 Å². The Morgan fingerprint density at radius 3 is 2.68 bits per heavy atom. The summed E-state index contributed by atoms with van der Waals surface area (Å²) in [7, 11) is 1.88. The number of hydrogen-bond donors (Lipinski definition) is 2. The highest BCUT2D eigenvalue weighted by molar-refractivity contribution is 6.09. The molecule has 9 rings (SSSR count). The number of pyridine rings is 1. The number of rotatable bonds is 11. The third-order valence-electron chi connectivity index (χ3n) is 11.7. The number of benzene rings is 2. The van der Waals surface area contributed by atoms with Crippen molar-refractivity contribution >= 4 is 40.2 Å². The third-order valence-corrected chi connectivity index (χ3v) is 11.7. The van der Waals surface area contributed by atoms with Crippen molar-refractivity contribution < 1.29 is 18.7 Å². The summed E-state index contributed by atoms with van der Waals surface area (Å²) in [6, 6.07) is 16.5. The molecule has 0 aliphatic carbocycles. The fourth-order valence-electron chi connectivity index (χ4n) is 8.42. The number of ether oxygens (including phenoxy) is 1. The molecule has 0 bridgehead atoms. The van der Waals surface area contributed by atoms with E-state index in [9.17, 15) is 19.2 Å². The highest BCUT2D eigenvalue weighted by Crippen LogP contribution is 2.35. The lowest BCUT2D eigenvalue weighted by molar-refractivity contribution is -0.120. The highest BCUT2D eigenvalue weighted by Gasteiger charge is 2.35. The van der Waals surface area contributed by atoms with Gasteiger partial charge in [-0.05, 0) is 80.7 Å². The molecule has 59 heavy (non-hydrogen) atoms. The minimum absolute atomic E-state index is 0.186. The van der Waals surface area contributed by atoms with E-state index in [1.54, 1.807) is 35.4 Å². The molecule has 3 aliphatic rings. The highest BCUT2D eigenvalue weighted by atomic mass is 19.1. The molecule has 6 aromatic rings. The Labute approximate surface area is 339 Å². The Bertz CT molecular complexity index is 2600. The second-order valence-corrected chi connectivity index (χ2v) is 15.6. The van der Waals surface area contributed by atoms with Gasteiger partial charge in [0.1, 0.15) is 18.0 Å². The van der Waals surface area contributed by atoms with Crippen molar-refractivity contribution in [3.63, 3.8) is 0 Å². The summed E-state index contributed by atoms with van der Waals surface area (Å²) in [6.45, 7) is 7.40. The molecule has 3 fully saturated rings. The maximum atomic E-state index is 13.9. The van der Waals surface area contributed by atoms with E-state index >= 15 is 0 Å². The summed E-state index contributed by atoms with van der Waals surface area (Å²) >= 11 is 0. The van der Waals surface area contributed by atoms with E-state index in [1.807, 2.05) is 35.5 Å². The molecule has 2 aromatic carbocycles. The molecule has 302 valence electrons. The van der Waals surface area contributed by atoms with Gasteiger partial charge in [-0.1, -0.05) is 12.1 Å². The zero-order valence-electron chi connectivity index (χ0n) is 32.8. The SMILES string of the molecule is C[C@@H](Oc1cc(-c2c(C#N)ncn2Cc2cnn(CC3CCN(C4CN(c5ccc6c(N7CCC(=O)NC7=O)nn(C)c6c5)C4)CC3)c2)cnc1N)c1cccc(F)c1. The second kappa shape index (κ2) is 15.5. The number of piperidine rings is 1. The number of halogens is 1. The van der Waals surface area contributed by atoms with E-state index in [4.69, 9.17) is 15.6 Å². The summed E-state index contributed by atoms with van der Waals surface area (Å²) in [4.78, 5) is 39.4. The Kier molecular flexibility index (Phi) is 9.93. The molecule has 1 atom stereocenters. The number of aryl methyl sites for hydroxylation is 1. The number of nitrogens with one attached hydrogen (secondary N) is 1. The first-order chi connectivity index (χ1) is 28.6. The number of amides is 3. The van der Waals surface area contributed by atoms with Crippen molar-refractivity contribution in [2.75, 3.05) is 48.3 Å². The average molecular weight is 798 g/mol. The first-order valence-corrected chi connectivity index (χ1v) is 19.8. The summed E-state index contributed by atoms with van der Waals surface area (Å²) in [5.41, 5.74) is 11.4. The van der Waals surface area contributed by atoms with Crippen LogP contribution in [0.25, 0.3) is 22.2 Å². The fourth-order valence-corrected chi connectivity index (χ4v) is 8.42. The standard InChI is InChI=1S/C42H44FN13O3/c1-26(29-4-3-5-31(43)14-29)59-37-15-30(19-46-40(37)45)39-35(17-44)47-25-54(39)20-28-18-48-55(22-28)21-27-8-11-52(12-9-27)33-23-53(24-33)32-6-7-34-36(16-32)51(2)50-41(34)56-13-10-38(57)49-42(56)58/h3-7,14-16,18-19,22,25-27,33H,8-13,20-21,23-24H2,1-2H3,(H2,45,46)(H,49,57,58)/t26-/m1/s1. The number of hydrogen-bond acceptors (Lipinski definition) is 11. The quantitative estimate of drug-likeness (QED) is 0.183. The Hall–Kier alpha value is -6.80. The molecule has 0 spiro atoms. The monoisotopic (exact) mass is 797 g/mol. The molecule has 0 unspecified atom stereocenters. The van der Waals surface area contributed by atoms with Crippen LogP contribution in [0.2, 0.25) is 0 Å². The number of nitrogens with zero attached hydrogens (tertiary/aromatic N) is 11.